The molecule has 8 heteroatoms. The predicted octanol–water partition coefficient (Wildman–Crippen LogP) is 4.82. The number of anilines is 1. The van der Waals surface area contributed by atoms with Crippen molar-refractivity contribution < 1.29 is 9.72 Å². The maximum Gasteiger partial charge on any atom is 0.269 e. The lowest BCUT2D eigenvalue weighted by molar-refractivity contribution is -0.384. The number of nitrogens with zero attached hydrogens (tertiary/aromatic N) is 2. The Labute approximate surface area is 151 Å². The van der Waals surface area contributed by atoms with Gasteiger partial charge in [-0.2, -0.15) is 0 Å². The molecule has 0 fully saturated rings. The number of rotatable bonds is 4. The Kier molecular flexibility index (Phi) is 4.78. The molecule has 1 amide bonds. The van der Waals surface area contributed by atoms with Crippen LogP contribution in [0.2, 0.25) is 5.02 Å². The maximum absolute atomic E-state index is 12.0. The van der Waals surface area contributed by atoms with Gasteiger partial charge in [-0.3, -0.25) is 20.2 Å². The Balaban J connectivity index is 1.73. The Bertz CT molecular complexity index is 957. The molecule has 0 atom stereocenters. The summed E-state index contributed by atoms with van der Waals surface area (Å²) in [5.74, 6) is -0.341. The maximum atomic E-state index is 12.0. The topological polar surface area (TPSA) is 85.1 Å². The number of fused-ring (bicyclic) bond motifs is 1. The number of carbonyl (C=O) groups is 1. The van der Waals surface area contributed by atoms with E-state index < -0.39 is 4.92 Å². The number of nitro benzene ring substituents is 1. The SMILES string of the molecule is Cc1ccc(Cl)c2sc(NC(=O)/C=C\c3ccc([N+](=O)[O-])cc3)nc12. The Morgan fingerprint density at radius 1 is 1.28 bits per heavy atom. The zero-order valence-corrected chi connectivity index (χ0v) is 14.6. The van der Waals surface area contributed by atoms with Crippen molar-refractivity contribution in [3.05, 3.63) is 68.7 Å². The number of hydrogen-bond donors (Lipinski definition) is 1. The number of aromatic nitrogens is 1. The van der Waals surface area contributed by atoms with Crippen molar-refractivity contribution in [1.82, 2.24) is 4.98 Å². The van der Waals surface area contributed by atoms with Gasteiger partial charge in [0.2, 0.25) is 5.91 Å². The smallest absolute Gasteiger partial charge is 0.269 e. The van der Waals surface area contributed by atoms with Crippen LogP contribution in [0.15, 0.2) is 42.5 Å². The molecule has 2 aromatic carbocycles. The largest absolute Gasteiger partial charge is 0.298 e. The summed E-state index contributed by atoms with van der Waals surface area (Å²) in [7, 11) is 0. The highest BCUT2D eigenvalue weighted by Crippen LogP contribution is 2.33. The minimum absolute atomic E-state index is 0.00308. The summed E-state index contributed by atoms with van der Waals surface area (Å²) < 4.78 is 0.830. The first kappa shape index (κ1) is 17.1. The number of thiazole rings is 1. The molecule has 0 unspecified atom stereocenters. The molecule has 0 aliphatic heterocycles. The molecule has 0 radical (unpaired) electrons. The highest BCUT2D eigenvalue weighted by atomic mass is 35.5. The van der Waals surface area contributed by atoms with Crippen LogP contribution in [0.1, 0.15) is 11.1 Å². The number of nitro groups is 1. The number of aryl methyl sites for hydroxylation is 1. The lowest BCUT2D eigenvalue weighted by Gasteiger charge is -1.96. The lowest BCUT2D eigenvalue weighted by Crippen LogP contribution is -2.07. The normalized spacial score (nSPS) is 11.1. The fraction of sp³-hybridized carbons (Fsp3) is 0.0588. The van der Waals surface area contributed by atoms with Crippen LogP contribution in [0.25, 0.3) is 16.3 Å². The summed E-state index contributed by atoms with van der Waals surface area (Å²) in [6.45, 7) is 1.93. The van der Waals surface area contributed by atoms with E-state index in [9.17, 15) is 14.9 Å². The van der Waals surface area contributed by atoms with E-state index in [1.165, 1.54) is 29.5 Å². The van der Waals surface area contributed by atoms with Crippen LogP contribution in [-0.2, 0) is 4.79 Å². The second-order valence-electron chi connectivity index (χ2n) is 5.23. The number of non-ortho nitro benzene ring substituents is 1. The molecular formula is C17H12ClN3O3S. The number of halogens is 1. The van der Waals surface area contributed by atoms with E-state index in [0.717, 1.165) is 15.8 Å². The molecule has 1 aromatic heterocycles. The number of benzene rings is 2. The second-order valence-corrected chi connectivity index (χ2v) is 6.64. The average Bonchev–Trinajstić information content (AvgIpc) is 3.02. The number of carbonyl (C=O) groups excluding carboxylic acids is 1. The number of amides is 1. The summed E-state index contributed by atoms with van der Waals surface area (Å²) in [4.78, 5) is 26.6. The van der Waals surface area contributed by atoms with Gasteiger partial charge in [0, 0.05) is 18.2 Å². The number of hydrogen-bond acceptors (Lipinski definition) is 5. The Hall–Kier alpha value is -2.77. The highest BCUT2D eigenvalue weighted by molar-refractivity contribution is 7.23. The molecule has 25 heavy (non-hydrogen) atoms. The monoisotopic (exact) mass is 373 g/mol. The van der Waals surface area contributed by atoms with Gasteiger partial charge in [0.1, 0.15) is 0 Å². The summed E-state index contributed by atoms with van der Waals surface area (Å²) in [5.41, 5.74) is 2.44. The minimum atomic E-state index is -0.472. The first-order chi connectivity index (χ1) is 11.9. The molecular weight excluding hydrogens is 362 g/mol. The standard InChI is InChI=1S/C17H12ClN3O3S/c1-10-2-8-13(18)16-15(10)20-17(25-16)19-14(22)9-5-11-3-6-12(7-4-11)21(23)24/h2-9H,1H3,(H,19,20,22)/b9-5-. The van der Waals surface area contributed by atoms with Crippen molar-refractivity contribution >= 4 is 56.0 Å². The first-order valence-electron chi connectivity index (χ1n) is 7.23. The van der Waals surface area contributed by atoms with E-state index in [-0.39, 0.29) is 11.6 Å². The third-order valence-corrected chi connectivity index (χ3v) is 4.89. The zero-order chi connectivity index (χ0) is 18.0. The Morgan fingerprint density at radius 2 is 2.00 bits per heavy atom. The van der Waals surface area contributed by atoms with E-state index in [1.54, 1.807) is 24.3 Å². The van der Waals surface area contributed by atoms with Gasteiger partial charge in [-0.15, -0.1) is 0 Å². The molecule has 0 aliphatic carbocycles. The molecule has 3 aromatic rings. The summed E-state index contributed by atoms with van der Waals surface area (Å²) in [6, 6.07) is 9.60. The zero-order valence-electron chi connectivity index (χ0n) is 13.0. The number of nitrogens with one attached hydrogen (secondary N) is 1. The molecule has 6 nitrogen and oxygen atoms in total. The van der Waals surface area contributed by atoms with Crippen LogP contribution in [-0.4, -0.2) is 15.8 Å². The third-order valence-electron chi connectivity index (χ3n) is 3.46. The summed E-state index contributed by atoms with van der Waals surface area (Å²) in [6.07, 6.45) is 2.92. The van der Waals surface area contributed by atoms with Gasteiger partial charge < -0.3 is 0 Å². The van der Waals surface area contributed by atoms with E-state index >= 15 is 0 Å². The van der Waals surface area contributed by atoms with E-state index in [4.69, 9.17) is 11.6 Å². The predicted molar refractivity (Wildman–Crippen MR) is 100 cm³/mol. The molecule has 1 heterocycles. The van der Waals surface area contributed by atoms with E-state index in [2.05, 4.69) is 10.3 Å². The van der Waals surface area contributed by atoms with Gasteiger partial charge in [0.25, 0.3) is 5.69 Å². The van der Waals surface area contributed by atoms with Crippen LogP contribution in [0.3, 0.4) is 0 Å². The van der Waals surface area contributed by atoms with Gasteiger partial charge in [-0.05, 0) is 42.3 Å². The van der Waals surface area contributed by atoms with Crippen molar-refractivity contribution in [3.8, 4) is 0 Å². The average molecular weight is 374 g/mol. The van der Waals surface area contributed by atoms with Crippen LogP contribution in [0.4, 0.5) is 10.8 Å². The second kappa shape index (κ2) is 7.00. The molecule has 0 aliphatic rings. The van der Waals surface area contributed by atoms with Gasteiger partial charge in [0.05, 0.1) is 20.2 Å². The first-order valence-corrected chi connectivity index (χ1v) is 8.42. The summed E-state index contributed by atoms with van der Waals surface area (Å²) >= 11 is 7.46. The van der Waals surface area contributed by atoms with Crippen LogP contribution in [0, 0.1) is 17.0 Å². The highest BCUT2D eigenvalue weighted by Gasteiger charge is 2.10. The molecule has 0 saturated heterocycles. The van der Waals surface area contributed by atoms with Crippen molar-refractivity contribution in [2.45, 2.75) is 6.92 Å². The minimum Gasteiger partial charge on any atom is -0.298 e. The lowest BCUT2D eigenvalue weighted by atomic mass is 10.2. The van der Waals surface area contributed by atoms with Crippen molar-refractivity contribution in [3.63, 3.8) is 0 Å². The van der Waals surface area contributed by atoms with Crippen LogP contribution in [0.5, 0.6) is 0 Å². The van der Waals surface area contributed by atoms with Gasteiger partial charge in [0.15, 0.2) is 5.13 Å². The van der Waals surface area contributed by atoms with Crippen molar-refractivity contribution in [2.24, 2.45) is 0 Å². The van der Waals surface area contributed by atoms with E-state index in [0.29, 0.717) is 15.7 Å². The fourth-order valence-electron chi connectivity index (χ4n) is 2.18. The third kappa shape index (κ3) is 3.84. The van der Waals surface area contributed by atoms with E-state index in [1.807, 2.05) is 13.0 Å². The summed E-state index contributed by atoms with van der Waals surface area (Å²) in [5, 5.41) is 14.4. The molecule has 3 rings (SSSR count). The van der Waals surface area contributed by atoms with Crippen molar-refractivity contribution in [1.29, 1.82) is 0 Å². The van der Waals surface area contributed by atoms with Gasteiger partial charge in [-0.25, -0.2) is 4.98 Å². The molecule has 0 spiro atoms. The van der Waals surface area contributed by atoms with Gasteiger partial charge >= 0.3 is 0 Å². The van der Waals surface area contributed by atoms with Gasteiger partial charge in [-0.1, -0.05) is 29.0 Å². The van der Waals surface area contributed by atoms with Crippen LogP contribution >= 0.6 is 22.9 Å². The van der Waals surface area contributed by atoms with Crippen molar-refractivity contribution in [2.75, 3.05) is 5.32 Å². The molecule has 126 valence electrons. The van der Waals surface area contributed by atoms with Crippen LogP contribution < -0.4 is 5.32 Å². The molecule has 0 bridgehead atoms. The molecule has 0 saturated carbocycles. The molecule has 1 N–H and O–H groups in total. The fourth-order valence-corrected chi connectivity index (χ4v) is 3.40. The Morgan fingerprint density at radius 3 is 2.64 bits per heavy atom. The quantitative estimate of drug-likeness (QED) is 0.403.